The molecule has 2 N–H and O–H groups in total. The van der Waals surface area contributed by atoms with Gasteiger partial charge in [-0.05, 0) is 55.4 Å². The number of nitrogens with two attached hydrogens (primary N) is 1. The Bertz CT molecular complexity index is 611. The second-order valence-corrected chi connectivity index (χ2v) is 6.53. The van der Waals surface area contributed by atoms with Crippen molar-refractivity contribution in [3.8, 4) is 5.75 Å². The maximum absolute atomic E-state index is 6.22. The van der Waals surface area contributed by atoms with Gasteiger partial charge in [0, 0.05) is 11.6 Å². The van der Waals surface area contributed by atoms with Crippen molar-refractivity contribution in [2.24, 2.45) is 5.41 Å². The summed E-state index contributed by atoms with van der Waals surface area (Å²) < 4.78 is 6.13. The van der Waals surface area contributed by atoms with E-state index in [4.69, 9.17) is 10.5 Å². The lowest BCUT2D eigenvalue weighted by Gasteiger charge is -2.34. The molecular formula is C17H22N2O. The monoisotopic (exact) mass is 270 g/mol. The van der Waals surface area contributed by atoms with E-state index in [-0.39, 0.29) is 0 Å². The molecule has 0 bridgehead atoms. The molecule has 0 spiro atoms. The van der Waals surface area contributed by atoms with E-state index in [9.17, 15) is 0 Å². The maximum atomic E-state index is 6.22. The molecule has 1 aliphatic carbocycles. The molecule has 0 radical (unpaired) electrons. The van der Waals surface area contributed by atoms with Gasteiger partial charge in [-0.3, -0.25) is 4.98 Å². The lowest BCUT2D eigenvalue weighted by Crippen LogP contribution is -2.28. The molecule has 0 unspecified atom stereocenters. The van der Waals surface area contributed by atoms with Crippen LogP contribution < -0.4 is 10.5 Å². The van der Waals surface area contributed by atoms with Crippen LogP contribution in [-0.2, 0) is 0 Å². The summed E-state index contributed by atoms with van der Waals surface area (Å²) in [6.45, 7) is 4.67. The lowest BCUT2D eigenvalue weighted by atomic mass is 9.76. The van der Waals surface area contributed by atoms with Crippen LogP contribution in [0.5, 0.6) is 5.75 Å². The standard InChI is InChI=1S/C17H22N2O/c1-17(2)9-7-12(8-10-17)20-15-6-5-14-13(16(15)18)4-3-11-19-14/h3-6,11-12H,7-10,18H2,1-2H3. The van der Waals surface area contributed by atoms with E-state index in [2.05, 4.69) is 18.8 Å². The molecule has 2 aromatic rings. The number of anilines is 1. The number of aromatic nitrogens is 1. The summed E-state index contributed by atoms with van der Waals surface area (Å²) in [6.07, 6.45) is 6.72. The SMILES string of the molecule is CC1(C)CCC(Oc2ccc3ncccc3c2N)CC1. The van der Waals surface area contributed by atoms with Gasteiger partial charge in [0.2, 0.25) is 0 Å². The van der Waals surface area contributed by atoms with E-state index in [1.807, 2.05) is 24.3 Å². The highest BCUT2D eigenvalue weighted by atomic mass is 16.5. The zero-order valence-corrected chi connectivity index (χ0v) is 12.2. The summed E-state index contributed by atoms with van der Waals surface area (Å²) >= 11 is 0. The molecule has 1 saturated carbocycles. The first-order valence-corrected chi connectivity index (χ1v) is 7.35. The molecule has 1 fully saturated rings. The molecule has 1 heterocycles. The Labute approximate surface area is 120 Å². The molecule has 0 saturated heterocycles. The number of pyridine rings is 1. The number of nitrogen functional groups attached to an aromatic ring is 1. The van der Waals surface area contributed by atoms with Gasteiger partial charge >= 0.3 is 0 Å². The van der Waals surface area contributed by atoms with Crippen LogP contribution in [0.25, 0.3) is 10.9 Å². The summed E-state index contributed by atoms with van der Waals surface area (Å²) in [5.74, 6) is 0.801. The number of hydrogen-bond acceptors (Lipinski definition) is 3. The fourth-order valence-electron chi connectivity index (χ4n) is 2.93. The van der Waals surface area contributed by atoms with Gasteiger partial charge in [0.15, 0.2) is 0 Å². The lowest BCUT2D eigenvalue weighted by molar-refractivity contribution is 0.0995. The molecular weight excluding hydrogens is 248 g/mol. The number of ether oxygens (including phenoxy) is 1. The summed E-state index contributed by atoms with van der Waals surface area (Å²) in [5, 5.41) is 0.973. The second kappa shape index (κ2) is 4.97. The molecule has 106 valence electrons. The van der Waals surface area contributed by atoms with Gasteiger partial charge in [0.25, 0.3) is 0 Å². The summed E-state index contributed by atoms with van der Waals surface area (Å²) in [6, 6.07) is 7.83. The van der Waals surface area contributed by atoms with E-state index in [1.54, 1.807) is 6.20 Å². The number of benzene rings is 1. The minimum absolute atomic E-state index is 0.291. The number of hydrogen-bond donors (Lipinski definition) is 1. The molecule has 1 aliphatic rings. The quantitative estimate of drug-likeness (QED) is 0.833. The summed E-state index contributed by atoms with van der Waals surface area (Å²) in [5.41, 5.74) is 8.31. The van der Waals surface area contributed by atoms with Crippen LogP contribution in [0, 0.1) is 5.41 Å². The van der Waals surface area contributed by atoms with E-state index >= 15 is 0 Å². The first-order valence-electron chi connectivity index (χ1n) is 7.35. The van der Waals surface area contributed by atoms with Crippen LogP contribution in [0.2, 0.25) is 0 Å². The maximum Gasteiger partial charge on any atom is 0.143 e. The van der Waals surface area contributed by atoms with Crippen molar-refractivity contribution >= 4 is 16.6 Å². The first-order chi connectivity index (χ1) is 9.55. The van der Waals surface area contributed by atoms with Crippen LogP contribution in [0.4, 0.5) is 5.69 Å². The molecule has 1 aromatic heterocycles. The fraction of sp³-hybridized carbons (Fsp3) is 0.471. The molecule has 0 aliphatic heterocycles. The van der Waals surface area contributed by atoms with E-state index < -0.39 is 0 Å². The van der Waals surface area contributed by atoms with E-state index in [0.29, 0.717) is 17.2 Å². The van der Waals surface area contributed by atoms with Crippen LogP contribution in [0.3, 0.4) is 0 Å². The highest BCUT2D eigenvalue weighted by Crippen LogP contribution is 2.38. The zero-order valence-electron chi connectivity index (χ0n) is 12.2. The molecule has 20 heavy (non-hydrogen) atoms. The summed E-state index contributed by atoms with van der Waals surface area (Å²) in [4.78, 5) is 4.31. The van der Waals surface area contributed by atoms with Gasteiger partial charge in [0.1, 0.15) is 5.75 Å². The average molecular weight is 270 g/mol. The van der Waals surface area contributed by atoms with Gasteiger partial charge in [-0.2, -0.15) is 0 Å². The zero-order chi connectivity index (χ0) is 14.2. The van der Waals surface area contributed by atoms with Gasteiger partial charge in [-0.25, -0.2) is 0 Å². The Morgan fingerprint density at radius 2 is 1.95 bits per heavy atom. The predicted molar refractivity (Wildman–Crippen MR) is 82.8 cm³/mol. The summed E-state index contributed by atoms with van der Waals surface area (Å²) in [7, 11) is 0. The Morgan fingerprint density at radius 1 is 1.20 bits per heavy atom. The topological polar surface area (TPSA) is 48.1 Å². The van der Waals surface area contributed by atoms with Crippen molar-refractivity contribution in [2.45, 2.75) is 45.6 Å². The van der Waals surface area contributed by atoms with Crippen LogP contribution in [0.15, 0.2) is 30.5 Å². The van der Waals surface area contributed by atoms with Crippen molar-refractivity contribution in [3.63, 3.8) is 0 Å². The highest BCUT2D eigenvalue weighted by Gasteiger charge is 2.28. The third kappa shape index (κ3) is 2.58. The van der Waals surface area contributed by atoms with Crippen LogP contribution in [-0.4, -0.2) is 11.1 Å². The molecule has 0 atom stereocenters. The normalized spacial score (nSPS) is 19.1. The minimum Gasteiger partial charge on any atom is -0.488 e. The average Bonchev–Trinajstić information content (AvgIpc) is 2.44. The van der Waals surface area contributed by atoms with Gasteiger partial charge in [-0.1, -0.05) is 13.8 Å². The number of rotatable bonds is 2. The number of fused-ring (bicyclic) bond motifs is 1. The third-order valence-electron chi connectivity index (χ3n) is 4.37. The van der Waals surface area contributed by atoms with Gasteiger partial charge in [0.05, 0.1) is 17.3 Å². The van der Waals surface area contributed by atoms with Crippen molar-refractivity contribution in [3.05, 3.63) is 30.5 Å². The minimum atomic E-state index is 0.291. The molecule has 0 amide bonds. The third-order valence-corrected chi connectivity index (χ3v) is 4.37. The van der Waals surface area contributed by atoms with Crippen molar-refractivity contribution < 1.29 is 4.74 Å². The van der Waals surface area contributed by atoms with Crippen molar-refractivity contribution in [2.75, 3.05) is 5.73 Å². The molecule has 3 heteroatoms. The molecule has 1 aromatic carbocycles. The number of nitrogens with zero attached hydrogens (tertiary/aromatic N) is 1. The van der Waals surface area contributed by atoms with Crippen LogP contribution in [0.1, 0.15) is 39.5 Å². The Balaban J connectivity index is 1.80. The van der Waals surface area contributed by atoms with Gasteiger partial charge in [-0.15, -0.1) is 0 Å². The Morgan fingerprint density at radius 3 is 2.70 bits per heavy atom. The second-order valence-electron chi connectivity index (χ2n) is 6.53. The first kappa shape index (κ1) is 13.2. The largest absolute Gasteiger partial charge is 0.488 e. The van der Waals surface area contributed by atoms with E-state index in [1.165, 1.54) is 12.8 Å². The van der Waals surface area contributed by atoms with Crippen LogP contribution >= 0.6 is 0 Å². The van der Waals surface area contributed by atoms with Crippen molar-refractivity contribution in [1.29, 1.82) is 0 Å². The van der Waals surface area contributed by atoms with Gasteiger partial charge < -0.3 is 10.5 Å². The van der Waals surface area contributed by atoms with Crippen molar-refractivity contribution in [1.82, 2.24) is 4.98 Å². The highest BCUT2D eigenvalue weighted by molar-refractivity contribution is 5.93. The Hall–Kier alpha value is -1.77. The predicted octanol–water partition coefficient (Wildman–Crippen LogP) is 4.16. The Kier molecular flexibility index (Phi) is 3.28. The smallest absolute Gasteiger partial charge is 0.143 e. The molecule has 3 nitrogen and oxygen atoms in total. The molecule has 3 rings (SSSR count). The fourth-order valence-corrected chi connectivity index (χ4v) is 2.93. The van der Waals surface area contributed by atoms with E-state index in [0.717, 1.165) is 29.5 Å².